The van der Waals surface area contributed by atoms with Crippen LogP contribution in [0.15, 0.2) is 9.85 Å². The van der Waals surface area contributed by atoms with Crippen molar-refractivity contribution in [3.8, 4) is 0 Å². The fourth-order valence-corrected chi connectivity index (χ4v) is 3.19. The summed E-state index contributed by atoms with van der Waals surface area (Å²) in [6.45, 7) is 2.99. The van der Waals surface area contributed by atoms with Crippen molar-refractivity contribution >= 4 is 33.0 Å². The van der Waals surface area contributed by atoms with Crippen LogP contribution >= 0.6 is 27.3 Å². The molecule has 1 aromatic heterocycles. The normalized spacial score (nSPS) is 21.4. The van der Waals surface area contributed by atoms with Crippen LogP contribution in [0.3, 0.4) is 0 Å². The number of carbonyl (C=O) groups excluding carboxylic acids is 1. The van der Waals surface area contributed by atoms with Gasteiger partial charge in [-0.05, 0) is 53.9 Å². The third-order valence-corrected chi connectivity index (χ3v) is 4.63. The van der Waals surface area contributed by atoms with Crippen molar-refractivity contribution < 1.29 is 4.79 Å². The highest BCUT2D eigenvalue weighted by Crippen LogP contribution is 2.28. The van der Waals surface area contributed by atoms with E-state index in [0.29, 0.717) is 0 Å². The molecule has 1 aliphatic rings. The fourth-order valence-electron chi connectivity index (χ4n) is 1.66. The summed E-state index contributed by atoms with van der Waals surface area (Å²) < 4.78 is 1.07. The Labute approximate surface area is 95.8 Å². The molecule has 2 rings (SSSR count). The molecule has 0 spiro atoms. The molecule has 1 aromatic rings. The molecule has 0 aliphatic carbocycles. The Hall–Kier alpha value is -0.190. The number of hydrogen-bond donors (Lipinski definition) is 1. The van der Waals surface area contributed by atoms with Crippen molar-refractivity contribution in [3.63, 3.8) is 0 Å². The topological polar surface area (TPSA) is 29.1 Å². The number of rotatable bonds is 2. The van der Waals surface area contributed by atoms with Gasteiger partial charge >= 0.3 is 0 Å². The van der Waals surface area contributed by atoms with E-state index in [2.05, 4.69) is 21.2 Å². The summed E-state index contributed by atoms with van der Waals surface area (Å²) in [6.07, 6.45) is 2.09. The molecule has 0 saturated carbocycles. The van der Waals surface area contributed by atoms with Gasteiger partial charge in [-0.15, -0.1) is 11.3 Å². The molecule has 2 heterocycles. The quantitative estimate of drug-likeness (QED) is 0.840. The van der Waals surface area contributed by atoms with Crippen LogP contribution in [-0.4, -0.2) is 18.4 Å². The van der Waals surface area contributed by atoms with Gasteiger partial charge < -0.3 is 5.32 Å². The van der Waals surface area contributed by atoms with Crippen LogP contribution in [0.4, 0.5) is 0 Å². The largest absolute Gasteiger partial charge is 0.307 e. The molecule has 4 heteroatoms. The first-order valence-electron chi connectivity index (χ1n) is 4.72. The summed E-state index contributed by atoms with van der Waals surface area (Å²) in [5, 5.41) is 3.23. The highest BCUT2D eigenvalue weighted by Gasteiger charge is 2.24. The first kappa shape index (κ1) is 10.3. The van der Waals surface area contributed by atoms with Crippen molar-refractivity contribution in [1.82, 2.24) is 5.32 Å². The zero-order valence-corrected chi connectivity index (χ0v) is 10.4. The molecule has 1 saturated heterocycles. The van der Waals surface area contributed by atoms with Gasteiger partial charge in [0.05, 0.1) is 14.7 Å². The Morgan fingerprint density at radius 3 is 3.00 bits per heavy atom. The van der Waals surface area contributed by atoms with Crippen molar-refractivity contribution in [1.29, 1.82) is 0 Å². The van der Waals surface area contributed by atoms with Gasteiger partial charge in [0.15, 0.2) is 5.78 Å². The predicted molar refractivity (Wildman–Crippen MR) is 62.1 cm³/mol. The molecule has 1 atom stereocenters. The van der Waals surface area contributed by atoms with Crippen LogP contribution in [-0.2, 0) is 0 Å². The molecule has 0 radical (unpaired) electrons. The SMILES string of the molecule is Cc1cc(C(=O)C2CCCN2)sc1Br. The molecule has 1 N–H and O–H groups in total. The summed E-state index contributed by atoms with van der Waals surface area (Å²) in [5.74, 6) is 0.251. The van der Waals surface area contributed by atoms with Gasteiger partial charge in [-0.3, -0.25) is 4.79 Å². The van der Waals surface area contributed by atoms with E-state index in [1.54, 1.807) is 0 Å². The van der Waals surface area contributed by atoms with Gasteiger partial charge in [0.2, 0.25) is 0 Å². The molecule has 14 heavy (non-hydrogen) atoms. The van der Waals surface area contributed by atoms with E-state index >= 15 is 0 Å². The molecular weight excluding hydrogens is 262 g/mol. The van der Waals surface area contributed by atoms with Gasteiger partial charge in [0.1, 0.15) is 0 Å². The predicted octanol–water partition coefficient (Wildman–Crippen LogP) is 2.75. The summed E-state index contributed by atoms with van der Waals surface area (Å²) in [7, 11) is 0. The third-order valence-electron chi connectivity index (χ3n) is 2.48. The first-order valence-corrected chi connectivity index (χ1v) is 6.33. The number of carbonyl (C=O) groups is 1. The van der Waals surface area contributed by atoms with Gasteiger partial charge in [-0.1, -0.05) is 0 Å². The number of Topliss-reactive ketones (excluding diaryl/α,β-unsaturated/α-hetero) is 1. The van der Waals surface area contributed by atoms with E-state index < -0.39 is 0 Å². The van der Waals surface area contributed by atoms with Crippen molar-refractivity contribution in [2.24, 2.45) is 0 Å². The summed E-state index contributed by atoms with van der Waals surface area (Å²) in [5.41, 5.74) is 1.15. The minimum absolute atomic E-state index is 0.0555. The maximum absolute atomic E-state index is 11.9. The zero-order chi connectivity index (χ0) is 10.1. The number of ketones is 1. The second-order valence-corrected chi connectivity index (χ2v) is 5.95. The third kappa shape index (κ3) is 1.92. The van der Waals surface area contributed by atoms with E-state index in [9.17, 15) is 4.79 Å². The van der Waals surface area contributed by atoms with E-state index in [1.165, 1.54) is 11.3 Å². The van der Waals surface area contributed by atoms with Crippen LogP contribution in [0.2, 0.25) is 0 Å². The molecule has 1 unspecified atom stereocenters. The average Bonchev–Trinajstić information content (AvgIpc) is 2.76. The highest BCUT2D eigenvalue weighted by atomic mass is 79.9. The van der Waals surface area contributed by atoms with Gasteiger partial charge in [0.25, 0.3) is 0 Å². The minimum Gasteiger partial charge on any atom is -0.307 e. The molecule has 2 nitrogen and oxygen atoms in total. The lowest BCUT2D eigenvalue weighted by Gasteiger charge is -2.05. The zero-order valence-electron chi connectivity index (χ0n) is 7.97. The highest BCUT2D eigenvalue weighted by molar-refractivity contribution is 9.11. The second-order valence-electron chi connectivity index (χ2n) is 3.58. The summed E-state index contributed by atoms with van der Waals surface area (Å²) in [6, 6.07) is 2.02. The Morgan fingerprint density at radius 2 is 2.50 bits per heavy atom. The van der Waals surface area contributed by atoms with E-state index in [0.717, 1.165) is 33.6 Å². The number of hydrogen-bond acceptors (Lipinski definition) is 3. The van der Waals surface area contributed by atoms with Crippen LogP contribution in [0.25, 0.3) is 0 Å². The molecule has 0 amide bonds. The summed E-state index contributed by atoms with van der Waals surface area (Å²) >= 11 is 4.98. The van der Waals surface area contributed by atoms with Crippen LogP contribution in [0.1, 0.15) is 28.1 Å². The molecule has 0 bridgehead atoms. The molecule has 1 fully saturated rings. The molecule has 1 aliphatic heterocycles. The lowest BCUT2D eigenvalue weighted by molar-refractivity contribution is 0.0956. The van der Waals surface area contributed by atoms with Crippen LogP contribution in [0.5, 0.6) is 0 Å². The summed E-state index contributed by atoms with van der Waals surface area (Å²) in [4.78, 5) is 12.8. The molecule has 0 aromatic carbocycles. The Kier molecular flexibility index (Phi) is 3.04. The Morgan fingerprint density at radius 1 is 1.71 bits per heavy atom. The van der Waals surface area contributed by atoms with Crippen molar-refractivity contribution in [2.75, 3.05) is 6.54 Å². The van der Waals surface area contributed by atoms with E-state index in [-0.39, 0.29) is 11.8 Å². The smallest absolute Gasteiger partial charge is 0.189 e. The minimum atomic E-state index is 0.0555. The molecule has 76 valence electrons. The number of halogens is 1. The number of thiophene rings is 1. The van der Waals surface area contributed by atoms with Crippen molar-refractivity contribution in [3.05, 3.63) is 20.3 Å². The standard InChI is InChI=1S/C10H12BrNOS/c1-6-5-8(14-10(6)11)9(13)7-3-2-4-12-7/h5,7,12H,2-4H2,1H3. The fraction of sp³-hybridized carbons (Fsp3) is 0.500. The maximum atomic E-state index is 11.9. The lowest BCUT2D eigenvalue weighted by atomic mass is 10.1. The van der Waals surface area contributed by atoms with Crippen LogP contribution < -0.4 is 5.32 Å². The average molecular weight is 274 g/mol. The first-order chi connectivity index (χ1) is 6.68. The lowest BCUT2D eigenvalue weighted by Crippen LogP contribution is -2.30. The van der Waals surface area contributed by atoms with Gasteiger partial charge in [0, 0.05) is 0 Å². The second kappa shape index (κ2) is 4.13. The number of aryl methyl sites for hydroxylation is 1. The van der Waals surface area contributed by atoms with Crippen LogP contribution in [0, 0.1) is 6.92 Å². The maximum Gasteiger partial charge on any atom is 0.189 e. The number of nitrogens with one attached hydrogen (secondary N) is 1. The van der Waals surface area contributed by atoms with E-state index in [4.69, 9.17) is 0 Å². The van der Waals surface area contributed by atoms with Crippen molar-refractivity contribution in [2.45, 2.75) is 25.8 Å². The van der Waals surface area contributed by atoms with Gasteiger partial charge in [-0.2, -0.15) is 0 Å². The monoisotopic (exact) mass is 273 g/mol. The Balaban J connectivity index is 2.18. The Bertz CT molecular complexity index is 336. The van der Waals surface area contributed by atoms with Gasteiger partial charge in [-0.25, -0.2) is 0 Å². The molecular formula is C10H12BrNOS. The van der Waals surface area contributed by atoms with E-state index in [1.807, 2.05) is 13.0 Å².